The van der Waals surface area contributed by atoms with Crippen LogP contribution in [-0.4, -0.2) is 23.5 Å². The van der Waals surface area contributed by atoms with Gasteiger partial charge in [-0.2, -0.15) is 0 Å². The molecule has 3 nitrogen and oxygen atoms in total. The Kier molecular flexibility index (Phi) is 5.24. The molecule has 2 aromatic rings. The molecular formula is C15H16FN3S. The minimum atomic E-state index is -0.272. The first-order valence-corrected chi connectivity index (χ1v) is 7.15. The molecular weight excluding hydrogens is 273 g/mol. The lowest BCUT2D eigenvalue weighted by molar-refractivity contribution is 0.315. The zero-order chi connectivity index (χ0) is 14.4. The van der Waals surface area contributed by atoms with Gasteiger partial charge < -0.3 is 5.73 Å². The highest BCUT2D eigenvalue weighted by atomic mass is 32.1. The Morgan fingerprint density at radius 3 is 2.90 bits per heavy atom. The fourth-order valence-electron chi connectivity index (χ4n) is 1.93. The topological polar surface area (TPSA) is 42.1 Å². The minimum Gasteiger partial charge on any atom is -0.320 e. The van der Waals surface area contributed by atoms with Crippen LogP contribution in [0.5, 0.6) is 0 Å². The molecule has 1 aromatic heterocycles. The fraction of sp³-hybridized carbons (Fsp3) is 0.267. The third-order valence-electron chi connectivity index (χ3n) is 2.66. The number of thiazole rings is 1. The Hall–Kier alpha value is -1.74. The standard InChI is InChI=1S/C15H16FN3S/c1-19(9-15-10-20-11-18-15)8-13-5-12(3-2-4-17)6-14(16)7-13/h5-7,10-11H,4,8-9,17H2,1H3. The normalized spacial score (nSPS) is 10.4. The van der Waals surface area contributed by atoms with Crippen molar-refractivity contribution in [2.75, 3.05) is 13.6 Å². The van der Waals surface area contributed by atoms with Gasteiger partial charge in [0, 0.05) is 24.0 Å². The summed E-state index contributed by atoms with van der Waals surface area (Å²) in [7, 11) is 1.98. The van der Waals surface area contributed by atoms with Crippen LogP contribution in [0.2, 0.25) is 0 Å². The Bertz CT molecular complexity index is 614. The lowest BCUT2D eigenvalue weighted by Gasteiger charge is -2.15. The van der Waals surface area contributed by atoms with Gasteiger partial charge in [0.25, 0.3) is 0 Å². The smallest absolute Gasteiger partial charge is 0.124 e. The van der Waals surface area contributed by atoms with Gasteiger partial charge in [0.15, 0.2) is 0 Å². The maximum atomic E-state index is 13.6. The molecule has 5 heteroatoms. The molecule has 1 heterocycles. The third kappa shape index (κ3) is 4.42. The van der Waals surface area contributed by atoms with Crippen molar-refractivity contribution in [2.45, 2.75) is 13.1 Å². The molecule has 0 saturated carbocycles. The number of nitrogens with zero attached hydrogens (tertiary/aromatic N) is 2. The molecule has 0 saturated heterocycles. The van der Waals surface area contributed by atoms with Crippen LogP contribution in [-0.2, 0) is 13.1 Å². The molecule has 2 N–H and O–H groups in total. The minimum absolute atomic E-state index is 0.272. The van der Waals surface area contributed by atoms with Crippen molar-refractivity contribution in [3.8, 4) is 11.8 Å². The van der Waals surface area contributed by atoms with Crippen molar-refractivity contribution in [1.82, 2.24) is 9.88 Å². The average molecular weight is 289 g/mol. The second-order valence-corrected chi connectivity index (χ2v) is 5.22. The SMILES string of the molecule is CN(Cc1cc(F)cc(C#CCN)c1)Cc1cscn1. The summed E-state index contributed by atoms with van der Waals surface area (Å²) in [4.78, 5) is 6.33. The summed E-state index contributed by atoms with van der Waals surface area (Å²) < 4.78 is 13.6. The van der Waals surface area contributed by atoms with Crippen molar-refractivity contribution in [2.24, 2.45) is 5.73 Å². The van der Waals surface area contributed by atoms with E-state index in [9.17, 15) is 4.39 Å². The largest absolute Gasteiger partial charge is 0.320 e. The molecule has 0 atom stereocenters. The number of nitrogens with two attached hydrogens (primary N) is 1. The number of benzene rings is 1. The van der Waals surface area contributed by atoms with E-state index in [1.165, 1.54) is 12.1 Å². The van der Waals surface area contributed by atoms with E-state index in [1.807, 2.05) is 24.0 Å². The van der Waals surface area contributed by atoms with E-state index >= 15 is 0 Å². The highest BCUT2D eigenvalue weighted by molar-refractivity contribution is 7.07. The van der Waals surface area contributed by atoms with Gasteiger partial charge in [-0.05, 0) is 30.8 Å². The zero-order valence-electron chi connectivity index (χ0n) is 11.3. The first kappa shape index (κ1) is 14.7. The molecule has 0 spiro atoms. The van der Waals surface area contributed by atoms with Crippen molar-refractivity contribution >= 4 is 11.3 Å². The lowest BCUT2D eigenvalue weighted by Crippen LogP contribution is -2.17. The summed E-state index contributed by atoms with van der Waals surface area (Å²) >= 11 is 1.57. The molecule has 0 amide bonds. The number of rotatable bonds is 4. The van der Waals surface area contributed by atoms with Gasteiger partial charge in [0.1, 0.15) is 5.82 Å². The molecule has 104 valence electrons. The van der Waals surface area contributed by atoms with Gasteiger partial charge >= 0.3 is 0 Å². The predicted octanol–water partition coefficient (Wildman–Crippen LogP) is 2.22. The molecule has 0 radical (unpaired) electrons. The third-order valence-corrected chi connectivity index (χ3v) is 3.30. The summed E-state index contributed by atoms with van der Waals surface area (Å²) in [5.41, 5.74) is 9.72. The van der Waals surface area contributed by atoms with E-state index in [4.69, 9.17) is 5.73 Å². The van der Waals surface area contributed by atoms with Gasteiger partial charge in [-0.1, -0.05) is 11.8 Å². The molecule has 0 aliphatic heterocycles. The van der Waals surface area contributed by atoms with E-state index in [0.717, 1.165) is 17.8 Å². The van der Waals surface area contributed by atoms with Crippen LogP contribution in [0.15, 0.2) is 29.1 Å². The number of halogens is 1. The fourth-order valence-corrected chi connectivity index (χ4v) is 2.48. The monoisotopic (exact) mass is 289 g/mol. The van der Waals surface area contributed by atoms with Crippen molar-refractivity contribution in [3.05, 3.63) is 51.7 Å². The molecule has 0 aliphatic rings. The quantitative estimate of drug-likeness (QED) is 0.878. The maximum absolute atomic E-state index is 13.6. The van der Waals surface area contributed by atoms with Crippen LogP contribution in [0.4, 0.5) is 4.39 Å². The molecule has 0 fully saturated rings. The van der Waals surface area contributed by atoms with Crippen LogP contribution in [0.3, 0.4) is 0 Å². The van der Waals surface area contributed by atoms with Crippen LogP contribution in [0, 0.1) is 17.7 Å². The summed E-state index contributed by atoms with van der Waals surface area (Å²) in [6, 6.07) is 4.85. The average Bonchev–Trinajstić information content (AvgIpc) is 2.88. The summed E-state index contributed by atoms with van der Waals surface area (Å²) in [6.07, 6.45) is 0. The molecule has 2 rings (SSSR count). The van der Waals surface area contributed by atoms with E-state index < -0.39 is 0 Å². The molecule has 1 aromatic carbocycles. The van der Waals surface area contributed by atoms with Gasteiger partial charge in [-0.25, -0.2) is 9.37 Å². The summed E-state index contributed by atoms with van der Waals surface area (Å²) in [6.45, 7) is 1.66. The molecule has 20 heavy (non-hydrogen) atoms. The molecule has 0 unspecified atom stereocenters. The first-order valence-electron chi connectivity index (χ1n) is 6.21. The van der Waals surface area contributed by atoms with Crippen molar-refractivity contribution in [1.29, 1.82) is 0 Å². The lowest BCUT2D eigenvalue weighted by atomic mass is 10.1. The van der Waals surface area contributed by atoms with Gasteiger partial charge in [0.2, 0.25) is 0 Å². The first-order chi connectivity index (χ1) is 9.67. The Balaban J connectivity index is 2.06. The van der Waals surface area contributed by atoms with Crippen molar-refractivity contribution in [3.63, 3.8) is 0 Å². The van der Waals surface area contributed by atoms with E-state index in [1.54, 1.807) is 11.3 Å². The van der Waals surface area contributed by atoms with Crippen LogP contribution >= 0.6 is 11.3 Å². The number of aromatic nitrogens is 1. The van der Waals surface area contributed by atoms with E-state index in [0.29, 0.717) is 12.1 Å². The highest BCUT2D eigenvalue weighted by Gasteiger charge is 2.05. The second kappa shape index (κ2) is 7.15. The van der Waals surface area contributed by atoms with Gasteiger partial charge in [-0.3, -0.25) is 4.90 Å². The summed E-state index contributed by atoms with van der Waals surface area (Å²) in [5.74, 6) is 5.33. The van der Waals surface area contributed by atoms with E-state index in [-0.39, 0.29) is 12.4 Å². The summed E-state index contributed by atoms with van der Waals surface area (Å²) in [5, 5.41) is 2.01. The molecule has 0 aliphatic carbocycles. The van der Waals surface area contributed by atoms with Crippen LogP contribution in [0.1, 0.15) is 16.8 Å². The Morgan fingerprint density at radius 1 is 1.35 bits per heavy atom. The Labute approximate surface area is 122 Å². The maximum Gasteiger partial charge on any atom is 0.124 e. The Morgan fingerprint density at radius 2 is 2.20 bits per heavy atom. The van der Waals surface area contributed by atoms with E-state index in [2.05, 4.69) is 21.7 Å². The molecule has 0 bridgehead atoms. The zero-order valence-corrected chi connectivity index (χ0v) is 12.1. The highest BCUT2D eigenvalue weighted by Crippen LogP contribution is 2.12. The van der Waals surface area contributed by atoms with Crippen LogP contribution in [0.25, 0.3) is 0 Å². The predicted molar refractivity (Wildman–Crippen MR) is 79.6 cm³/mol. The second-order valence-electron chi connectivity index (χ2n) is 4.51. The van der Waals surface area contributed by atoms with Gasteiger partial charge in [-0.15, -0.1) is 11.3 Å². The number of hydrogen-bond donors (Lipinski definition) is 1. The van der Waals surface area contributed by atoms with Gasteiger partial charge in [0.05, 0.1) is 17.7 Å². The number of hydrogen-bond acceptors (Lipinski definition) is 4. The van der Waals surface area contributed by atoms with Crippen LogP contribution < -0.4 is 5.73 Å². The van der Waals surface area contributed by atoms with Crippen molar-refractivity contribution < 1.29 is 4.39 Å².